The van der Waals surface area contributed by atoms with E-state index >= 15 is 0 Å². The predicted molar refractivity (Wildman–Crippen MR) is 42.2 cm³/mol. The number of rotatable bonds is 3. The molecular formula is C6H6F2N2O3S. The van der Waals surface area contributed by atoms with E-state index in [1.807, 2.05) is 0 Å². The molecule has 1 unspecified atom stereocenters. The Labute approximate surface area is 79.8 Å². The highest BCUT2D eigenvalue weighted by Gasteiger charge is 2.48. The van der Waals surface area contributed by atoms with Gasteiger partial charge in [-0.15, -0.1) is 0 Å². The quantitative estimate of drug-likeness (QED) is 0.796. The van der Waals surface area contributed by atoms with Crippen molar-refractivity contribution in [2.24, 2.45) is 7.05 Å². The second-order valence-corrected chi connectivity index (χ2v) is 3.83. The summed E-state index contributed by atoms with van der Waals surface area (Å²) in [5, 5.41) is 3.33. The lowest BCUT2D eigenvalue weighted by Gasteiger charge is -2.09. The summed E-state index contributed by atoms with van der Waals surface area (Å²) in [6.07, 6.45) is 2.45. The Morgan fingerprint density at radius 2 is 2.29 bits per heavy atom. The number of carbonyl (C=O) groups is 1. The van der Waals surface area contributed by atoms with Crippen molar-refractivity contribution in [3.63, 3.8) is 0 Å². The van der Waals surface area contributed by atoms with Gasteiger partial charge in [0.15, 0.2) is 10.8 Å². The number of aryl methyl sites for hydroxylation is 1. The van der Waals surface area contributed by atoms with Gasteiger partial charge in [-0.2, -0.15) is 8.78 Å². The first-order valence-corrected chi connectivity index (χ1v) is 4.52. The molecule has 0 amide bonds. The standard InChI is InChI=1S/C6H6F2N2O3S/c1-10-3-2-9-5(10)14(13)6(7,8)4(11)12/h2-3H,1H3,(H,11,12). The maximum absolute atomic E-state index is 12.7. The number of hydrogen-bond donors (Lipinski definition) is 1. The molecule has 0 fully saturated rings. The number of aliphatic carboxylic acids is 1. The third kappa shape index (κ3) is 1.65. The monoisotopic (exact) mass is 224 g/mol. The molecule has 0 aromatic carbocycles. The van der Waals surface area contributed by atoms with Crippen LogP contribution in [0.25, 0.3) is 0 Å². The summed E-state index contributed by atoms with van der Waals surface area (Å²) in [6, 6.07) is 0. The smallest absolute Gasteiger partial charge is 0.422 e. The zero-order valence-corrected chi connectivity index (χ0v) is 7.79. The van der Waals surface area contributed by atoms with Crippen molar-refractivity contribution in [3.8, 4) is 0 Å². The fraction of sp³-hybridized carbons (Fsp3) is 0.333. The highest BCUT2D eigenvalue weighted by atomic mass is 32.2. The van der Waals surface area contributed by atoms with Crippen LogP contribution in [0.1, 0.15) is 0 Å². The average Bonchev–Trinajstić information content (AvgIpc) is 2.49. The highest BCUT2D eigenvalue weighted by molar-refractivity contribution is 7.86. The van der Waals surface area contributed by atoms with Crippen LogP contribution in [-0.4, -0.2) is 30.1 Å². The third-order valence-corrected chi connectivity index (χ3v) is 2.79. The van der Waals surface area contributed by atoms with E-state index in [1.54, 1.807) is 0 Å². The minimum atomic E-state index is -4.32. The van der Waals surface area contributed by atoms with E-state index in [4.69, 9.17) is 5.11 Å². The lowest BCUT2D eigenvalue weighted by atomic mass is 10.7. The van der Waals surface area contributed by atoms with Gasteiger partial charge < -0.3 is 9.67 Å². The summed E-state index contributed by atoms with van der Waals surface area (Å²) >= 11 is 0. The van der Waals surface area contributed by atoms with Gasteiger partial charge >= 0.3 is 11.2 Å². The van der Waals surface area contributed by atoms with E-state index in [0.717, 1.165) is 10.8 Å². The van der Waals surface area contributed by atoms with Gasteiger partial charge in [0.25, 0.3) is 0 Å². The van der Waals surface area contributed by atoms with E-state index in [0.29, 0.717) is 0 Å². The summed E-state index contributed by atoms with van der Waals surface area (Å²) < 4.78 is 37.6. The van der Waals surface area contributed by atoms with E-state index in [9.17, 15) is 17.8 Å². The fourth-order valence-electron chi connectivity index (χ4n) is 0.725. The molecule has 1 rings (SSSR count). The molecular weight excluding hydrogens is 218 g/mol. The Hall–Kier alpha value is -1.31. The topological polar surface area (TPSA) is 72.2 Å². The van der Waals surface area contributed by atoms with Crippen molar-refractivity contribution in [2.75, 3.05) is 0 Å². The second-order valence-electron chi connectivity index (χ2n) is 2.41. The highest BCUT2D eigenvalue weighted by Crippen LogP contribution is 2.23. The third-order valence-electron chi connectivity index (χ3n) is 1.42. The second kappa shape index (κ2) is 3.45. The molecule has 0 bridgehead atoms. The lowest BCUT2D eigenvalue weighted by molar-refractivity contribution is -0.153. The van der Waals surface area contributed by atoms with Crippen molar-refractivity contribution in [1.29, 1.82) is 0 Å². The predicted octanol–water partition coefficient (Wildman–Crippen LogP) is 0.205. The van der Waals surface area contributed by atoms with Gasteiger partial charge in [-0.3, -0.25) is 0 Å². The molecule has 0 aliphatic carbocycles. The zero-order valence-electron chi connectivity index (χ0n) is 6.98. The van der Waals surface area contributed by atoms with Gasteiger partial charge in [0.05, 0.1) is 0 Å². The molecule has 78 valence electrons. The first-order valence-electron chi connectivity index (χ1n) is 3.37. The molecule has 1 aromatic rings. The molecule has 0 spiro atoms. The molecule has 1 heterocycles. The van der Waals surface area contributed by atoms with Crippen LogP contribution >= 0.6 is 0 Å². The molecule has 0 radical (unpaired) electrons. The molecule has 0 aliphatic heterocycles. The molecule has 0 saturated heterocycles. The molecule has 8 heteroatoms. The first kappa shape index (κ1) is 10.8. The van der Waals surface area contributed by atoms with Gasteiger partial charge in [-0.25, -0.2) is 14.0 Å². The summed E-state index contributed by atoms with van der Waals surface area (Å²) in [5.74, 6) is -2.43. The molecule has 0 aliphatic rings. The van der Waals surface area contributed by atoms with Crippen molar-refractivity contribution in [1.82, 2.24) is 9.55 Å². The number of alkyl halides is 2. The Morgan fingerprint density at radius 3 is 2.64 bits per heavy atom. The van der Waals surface area contributed by atoms with E-state index in [1.165, 1.54) is 13.2 Å². The molecule has 1 N–H and O–H groups in total. The van der Waals surface area contributed by atoms with Crippen LogP contribution in [0.5, 0.6) is 0 Å². The van der Waals surface area contributed by atoms with Gasteiger partial charge in [-0.1, -0.05) is 0 Å². The SMILES string of the molecule is Cn1ccnc1S(=O)C(F)(F)C(=O)O. The summed E-state index contributed by atoms with van der Waals surface area (Å²) in [7, 11) is -1.64. The van der Waals surface area contributed by atoms with Gasteiger partial charge in [0.1, 0.15) is 0 Å². The number of aromatic nitrogens is 2. The average molecular weight is 224 g/mol. The number of carboxylic acid groups (broad SMARTS) is 1. The van der Waals surface area contributed by atoms with Crippen LogP contribution in [0.3, 0.4) is 0 Å². The maximum Gasteiger partial charge on any atom is 0.422 e. The van der Waals surface area contributed by atoms with Crippen LogP contribution in [0.15, 0.2) is 17.6 Å². The Kier molecular flexibility index (Phi) is 2.65. The van der Waals surface area contributed by atoms with E-state index in [-0.39, 0.29) is 0 Å². The maximum atomic E-state index is 12.7. The van der Waals surface area contributed by atoms with Gasteiger partial charge in [0.2, 0.25) is 5.16 Å². The van der Waals surface area contributed by atoms with Crippen LogP contribution in [0.4, 0.5) is 8.78 Å². The number of carboxylic acids is 1. The van der Waals surface area contributed by atoms with Gasteiger partial charge in [0, 0.05) is 19.4 Å². The molecule has 14 heavy (non-hydrogen) atoms. The normalized spacial score (nSPS) is 13.9. The van der Waals surface area contributed by atoms with Gasteiger partial charge in [-0.05, 0) is 0 Å². The van der Waals surface area contributed by atoms with E-state index in [2.05, 4.69) is 4.98 Å². The van der Waals surface area contributed by atoms with Crippen molar-refractivity contribution < 1.29 is 22.9 Å². The lowest BCUT2D eigenvalue weighted by Crippen LogP contribution is -2.34. The minimum Gasteiger partial charge on any atom is -0.476 e. The number of imidazole rings is 1. The Morgan fingerprint density at radius 1 is 1.71 bits per heavy atom. The molecule has 0 saturated carbocycles. The Bertz CT molecular complexity index is 390. The van der Waals surface area contributed by atoms with E-state index < -0.39 is 27.2 Å². The van der Waals surface area contributed by atoms with Crippen LogP contribution in [0.2, 0.25) is 0 Å². The summed E-state index contributed by atoms with van der Waals surface area (Å²) in [6.45, 7) is 0. The largest absolute Gasteiger partial charge is 0.476 e. The van der Waals surface area contributed by atoms with Crippen LogP contribution in [0, 0.1) is 0 Å². The minimum absolute atomic E-state index is 0.475. The summed E-state index contributed by atoms with van der Waals surface area (Å²) in [4.78, 5) is 13.5. The van der Waals surface area contributed by atoms with Crippen LogP contribution < -0.4 is 0 Å². The number of nitrogens with zero attached hydrogens (tertiary/aromatic N) is 2. The first-order chi connectivity index (χ1) is 6.37. The van der Waals surface area contributed by atoms with Crippen LogP contribution in [-0.2, 0) is 22.6 Å². The van der Waals surface area contributed by atoms with Crippen molar-refractivity contribution in [2.45, 2.75) is 10.4 Å². The van der Waals surface area contributed by atoms with Crippen molar-refractivity contribution >= 4 is 16.8 Å². The zero-order chi connectivity index (χ0) is 10.9. The van der Waals surface area contributed by atoms with Crippen molar-refractivity contribution in [3.05, 3.63) is 12.4 Å². The number of halogens is 2. The molecule has 1 aromatic heterocycles. The molecule has 5 nitrogen and oxygen atoms in total. The summed E-state index contributed by atoms with van der Waals surface area (Å²) in [5.41, 5.74) is 0. The fourth-order valence-corrected chi connectivity index (χ4v) is 1.59. The number of hydrogen-bond acceptors (Lipinski definition) is 3. The molecule has 1 atom stereocenters. The Balaban J connectivity index is 3.09.